The molecule has 0 bridgehead atoms. The average molecular weight is 248 g/mol. The van der Waals surface area contributed by atoms with Gasteiger partial charge in [0.25, 0.3) is 0 Å². The molecule has 4 nitrogen and oxygen atoms in total. The summed E-state index contributed by atoms with van der Waals surface area (Å²) in [4.78, 5) is 8.30. The van der Waals surface area contributed by atoms with Crippen LogP contribution < -0.4 is 0 Å². The van der Waals surface area contributed by atoms with Gasteiger partial charge in [0.05, 0.1) is 5.56 Å². The molecule has 0 N–H and O–H groups in total. The topological polar surface area (TPSA) is 44.2 Å². The van der Waals surface area contributed by atoms with Crippen LogP contribution in [0.4, 0.5) is 4.39 Å². The summed E-state index contributed by atoms with van der Waals surface area (Å²) >= 11 is 0. The van der Waals surface area contributed by atoms with E-state index >= 15 is 0 Å². The van der Waals surface area contributed by atoms with Crippen LogP contribution in [0.25, 0.3) is 11.4 Å². The molecule has 0 radical (unpaired) electrons. The summed E-state index contributed by atoms with van der Waals surface area (Å²) in [6, 6.07) is 8.02. The summed E-state index contributed by atoms with van der Waals surface area (Å²) in [6.45, 7) is 0. The predicted octanol–water partition coefficient (Wildman–Crippen LogP) is 2.57. The predicted molar refractivity (Wildman–Crippen MR) is 64.2 cm³/mol. The number of benzene rings is 1. The van der Waals surface area contributed by atoms with Gasteiger partial charge in [-0.25, -0.2) is 14.4 Å². The van der Waals surface area contributed by atoms with Gasteiger partial charge in [-0.3, -0.25) is 0 Å². The Morgan fingerprint density at radius 2 is 1.83 bits per heavy atom. The average Bonchev–Trinajstić information content (AvgIpc) is 2.41. The van der Waals surface area contributed by atoms with Crippen molar-refractivity contribution in [3.05, 3.63) is 48.0 Å². The minimum atomic E-state index is -0.585. The second-order valence-electron chi connectivity index (χ2n) is 3.59. The van der Waals surface area contributed by atoms with Crippen molar-refractivity contribution in [2.75, 3.05) is 14.2 Å². The van der Waals surface area contributed by atoms with Crippen LogP contribution in [0.5, 0.6) is 0 Å². The van der Waals surface area contributed by atoms with Crippen LogP contribution in [-0.4, -0.2) is 24.2 Å². The van der Waals surface area contributed by atoms with Crippen molar-refractivity contribution >= 4 is 0 Å². The van der Waals surface area contributed by atoms with E-state index in [9.17, 15) is 4.39 Å². The van der Waals surface area contributed by atoms with Crippen molar-refractivity contribution in [2.45, 2.75) is 6.29 Å². The standard InChI is InChI=1S/C13H13FN2O2/c1-17-13(18-2)11-7-8-15-12(16-11)9-5-3-4-6-10(9)14/h3-8,13H,1-2H3. The second kappa shape index (κ2) is 5.66. The lowest BCUT2D eigenvalue weighted by atomic mass is 10.2. The van der Waals surface area contributed by atoms with Gasteiger partial charge in [-0.2, -0.15) is 0 Å². The van der Waals surface area contributed by atoms with E-state index in [-0.39, 0.29) is 5.82 Å². The van der Waals surface area contributed by atoms with Crippen LogP contribution in [0.2, 0.25) is 0 Å². The highest BCUT2D eigenvalue weighted by molar-refractivity contribution is 5.55. The third-order valence-corrected chi connectivity index (χ3v) is 2.46. The monoisotopic (exact) mass is 248 g/mol. The number of hydrogen-bond acceptors (Lipinski definition) is 4. The fourth-order valence-electron chi connectivity index (χ4n) is 1.61. The molecule has 1 aromatic heterocycles. The number of hydrogen-bond donors (Lipinski definition) is 0. The van der Waals surface area contributed by atoms with E-state index in [1.807, 2.05) is 0 Å². The van der Waals surface area contributed by atoms with Gasteiger partial charge in [-0.15, -0.1) is 0 Å². The highest BCUT2D eigenvalue weighted by Gasteiger charge is 2.13. The first-order valence-electron chi connectivity index (χ1n) is 5.39. The maximum absolute atomic E-state index is 13.6. The van der Waals surface area contributed by atoms with E-state index in [0.29, 0.717) is 17.1 Å². The molecule has 0 aliphatic rings. The molecule has 0 fully saturated rings. The van der Waals surface area contributed by atoms with Crippen molar-refractivity contribution in [1.29, 1.82) is 0 Å². The maximum atomic E-state index is 13.6. The van der Waals surface area contributed by atoms with Gasteiger partial charge in [-0.05, 0) is 18.2 Å². The van der Waals surface area contributed by atoms with Gasteiger partial charge < -0.3 is 9.47 Å². The van der Waals surface area contributed by atoms with Crippen LogP contribution in [0.3, 0.4) is 0 Å². The summed E-state index contributed by atoms with van der Waals surface area (Å²) in [7, 11) is 3.03. The molecule has 1 heterocycles. The van der Waals surface area contributed by atoms with Gasteiger partial charge in [0, 0.05) is 20.4 Å². The van der Waals surface area contributed by atoms with Crippen molar-refractivity contribution in [3.8, 4) is 11.4 Å². The Bertz CT molecular complexity index is 530. The molecule has 0 saturated heterocycles. The number of aromatic nitrogens is 2. The summed E-state index contributed by atoms with van der Waals surface area (Å²) < 4.78 is 23.8. The lowest BCUT2D eigenvalue weighted by Gasteiger charge is -2.13. The van der Waals surface area contributed by atoms with Crippen molar-refractivity contribution in [1.82, 2.24) is 9.97 Å². The normalized spacial score (nSPS) is 10.9. The Hall–Kier alpha value is -1.85. The second-order valence-corrected chi connectivity index (χ2v) is 3.59. The fourth-order valence-corrected chi connectivity index (χ4v) is 1.61. The van der Waals surface area contributed by atoms with E-state index in [1.54, 1.807) is 30.5 Å². The molecule has 18 heavy (non-hydrogen) atoms. The molecule has 1 aromatic carbocycles. The van der Waals surface area contributed by atoms with Crippen LogP contribution >= 0.6 is 0 Å². The molecule has 0 aliphatic heterocycles. The molecule has 2 aromatic rings. The smallest absolute Gasteiger partial charge is 0.200 e. The van der Waals surface area contributed by atoms with Crippen molar-refractivity contribution in [2.24, 2.45) is 0 Å². The lowest BCUT2D eigenvalue weighted by molar-refractivity contribution is -0.108. The Morgan fingerprint density at radius 1 is 1.11 bits per heavy atom. The Balaban J connectivity index is 2.42. The van der Waals surface area contributed by atoms with Crippen LogP contribution in [-0.2, 0) is 9.47 Å². The minimum Gasteiger partial charge on any atom is -0.350 e. The van der Waals surface area contributed by atoms with Gasteiger partial charge >= 0.3 is 0 Å². The van der Waals surface area contributed by atoms with Crippen molar-refractivity contribution in [3.63, 3.8) is 0 Å². The summed E-state index contributed by atoms with van der Waals surface area (Å²) in [5.74, 6) is -0.0502. The number of nitrogens with zero attached hydrogens (tertiary/aromatic N) is 2. The van der Waals surface area contributed by atoms with Gasteiger partial charge in [0.2, 0.25) is 6.29 Å². The third kappa shape index (κ3) is 2.52. The number of halogens is 1. The number of rotatable bonds is 4. The highest BCUT2D eigenvalue weighted by atomic mass is 19.1. The zero-order chi connectivity index (χ0) is 13.0. The highest BCUT2D eigenvalue weighted by Crippen LogP contribution is 2.21. The van der Waals surface area contributed by atoms with Crippen molar-refractivity contribution < 1.29 is 13.9 Å². The van der Waals surface area contributed by atoms with E-state index in [2.05, 4.69) is 9.97 Å². The van der Waals surface area contributed by atoms with Gasteiger partial charge in [0.15, 0.2) is 5.82 Å². The molecular formula is C13H13FN2O2. The summed E-state index contributed by atoms with van der Waals surface area (Å²) in [6.07, 6.45) is 0.966. The zero-order valence-electron chi connectivity index (χ0n) is 10.1. The van der Waals surface area contributed by atoms with E-state index in [0.717, 1.165) is 0 Å². The van der Waals surface area contributed by atoms with E-state index in [4.69, 9.17) is 9.47 Å². The molecule has 2 rings (SSSR count). The molecule has 0 amide bonds. The number of methoxy groups -OCH3 is 2. The number of ether oxygens (including phenoxy) is 2. The molecule has 0 saturated carbocycles. The summed E-state index contributed by atoms with van der Waals surface area (Å²) in [5.41, 5.74) is 0.901. The van der Waals surface area contributed by atoms with E-state index < -0.39 is 6.29 Å². The first kappa shape index (κ1) is 12.6. The van der Waals surface area contributed by atoms with E-state index in [1.165, 1.54) is 20.3 Å². The molecular weight excluding hydrogens is 235 g/mol. The molecule has 5 heteroatoms. The van der Waals surface area contributed by atoms with Crippen LogP contribution in [0.15, 0.2) is 36.5 Å². The molecule has 0 atom stereocenters. The first-order valence-corrected chi connectivity index (χ1v) is 5.39. The zero-order valence-corrected chi connectivity index (χ0v) is 10.1. The SMILES string of the molecule is COC(OC)c1ccnc(-c2ccccc2F)n1. The molecule has 94 valence electrons. The first-order chi connectivity index (χ1) is 8.76. The third-order valence-electron chi connectivity index (χ3n) is 2.46. The molecule has 0 spiro atoms. The summed E-state index contributed by atoms with van der Waals surface area (Å²) in [5, 5.41) is 0. The Morgan fingerprint density at radius 3 is 2.50 bits per heavy atom. The lowest BCUT2D eigenvalue weighted by Crippen LogP contribution is -2.07. The largest absolute Gasteiger partial charge is 0.350 e. The Labute approximate surface area is 104 Å². The maximum Gasteiger partial charge on any atom is 0.200 e. The van der Waals surface area contributed by atoms with Crippen LogP contribution in [0, 0.1) is 5.82 Å². The quantitative estimate of drug-likeness (QED) is 0.780. The molecule has 0 unspecified atom stereocenters. The molecule has 0 aliphatic carbocycles. The van der Waals surface area contributed by atoms with Gasteiger partial charge in [-0.1, -0.05) is 12.1 Å². The van der Waals surface area contributed by atoms with Crippen LogP contribution in [0.1, 0.15) is 12.0 Å². The fraction of sp³-hybridized carbons (Fsp3) is 0.231. The van der Waals surface area contributed by atoms with Gasteiger partial charge in [0.1, 0.15) is 11.5 Å². The Kier molecular flexibility index (Phi) is 3.96. The minimum absolute atomic E-state index is 0.310.